The van der Waals surface area contributed by atoms with Crippen molar-refractivity contribution in [2.24, 2.45) is 0 Å². The van der Waals surface area contributed by atoms with Crippen LogP contribution in [0.15, 0.2) is 54.6 Å². The average Bonchev–Trinajstić information content (AvgIpc) is 2.60. The molecule has 0 radical (unpaired) electrons. The molecule has 0 saturated heterocycles. The normalized spacial score (nSPS) is 10.3. The van der Waals surface area contributed by atoms with E-state index in [0.717, 1.165) is 0 Å². The van der Waals surface area contributed by atoms with Crippen molar-refractivity contribution in [1.82, 2.24) is 5.48 Å². The van der Waals surface area contributed by atoms with Gasteiger partial charge in [0, 0.05) is 17.3 Å². The Labute approximate surface area is 133 Å². The maximum absolute atomic E-state index is 12.2. The van der Waals surface area contributed by atoms with Gasteiger partial charge < -0.3 is 10.1 Å². The lowest BCUT2D eigenvalue weighted by Crippen LogP contribution is -2.14. The molecule has 6 nitrogen and oxygen atoms in total. The Morgan fingerprint density at radius 3 is 2.52 bits per heavy atom. The highest BCUT2D eigenvalue weighted by molar-refractivity contribution is 6.04. The fraction of sp³-hybridized carbons (Fsp3) is 0.0588. The first-order chi connectivity index (χ1) is 11.1. The number of ether oxygens (including phenoxy) is 1. The minimum Gasteiger partial charge on any atom is -0.497 e. The van der Waals surface area contributed by atoms with Gasteiger partial charge in [0.25, 0.3) is 11.8 Å². The Morgan fingerprint density at radius 1 is 1.13 bits per heavy atom. The van der Waals surface area contributed by atoms with Crippen LogP contribution in [0, 0.1) is 0 Å². The van der Waals surface area contributed by atoms with Crippen LogP contribution in [0.1, 0.15) is 15.9 Å². The summed E-state index contributed by atoms with van der Waals surface area (Å²) in [5, 5.41) is 11.2. The summed E-state index contributed by atoms with van der Waals surface area (Å²) < 4.78 is 5.06. The van der Waals surface area contributed by atoms with Crippen molar-refractivity contribution in [2.75, 3.05) is 12.4 Å². The second-order valence-corrected chi connectivity index (χ2v) is 4.62. The Kier molecular flexibility index (Phi) is 5.49. The number of carbonyl (C=O) groups excluding carboxylic acids is 2. The standard InChI is InChI=1S/C17H16N2O4/c1-23-15-8-6-14(7-9-15)18-17(21)13-4-2-3-12(11-13)5-10-16(20)19-22/h2-11,22H,1H3,(H,18,21)(H,19,20)/b10-5+. The van der Waals surface area contributed by atoms with E-state index >= 15 is 0 Å². The summed E-state index contributed by atoms with van der Waals surface area (Å²) in [7, 11) is 1.57. The van der Waals surface area contributed by atoms with Gasteiger partial charge in [-0.05, 0) is 48.0 Å². The average molecular weight is 312 g/mol. The quantitative estimate of drug-likeness (QED) is 0.449. The number of anilines is 1. The lowest BCUT2D eigenvalue weighted by atomic mass is 10.1. The number of methoxy groups -OCH3 is 1. The molecule has 0 aliphatic rings. The molecule has 118 valence electrons. The van der Waals surface area contributed by atoms with Gasteiger partial charge in [0.05, 0.1) is 7.11 Å². The highest BCUT2D eigenvalue weighted by atomic mass is 16.5. The zero-order valence-electron chi connectivity index (χ0n) is 12.4. The molecule has 0 saturated carbocycles. The van der Waals surface area contributed by atoms with E-state index in [1.807, 2.05) is 0 Å². The monoisotopic (exact) mass is 312 g/mol. The molecule has 2 amide bonds. The molecular formula is C17H16N2O4. The SMILES string of the molecule is COc1ccc(NC(=O)c2cccc(/C=C/C(=O)NO)c2)cc1. The number of rotatable bonds is 5. The maximum atomic E-state index is 12.2. The molecule has 23 heavy (non-hydrogen) atoms. The highest BCUT2D eigenvalue weighted by Crippen LogP contribution is 2.16. The summed E-state index contributed by atoms with van der Waals surface area (Å²) in [6.07, 6.45) is 2.66. The van der Waals surface area contributed by atoms with Gasteiger partial charge in [-0.15, -0.1) is 0 Å². The van der Waals surface area contributed by atoms with Crippen LogP contribution in [0.25, 0.3) is 6.08 Å². The molecule has 2 aromatic rings. The van der Waals surface area contributed by atoms with Crippen molar-refractivity contribution in [2.45, 2.75) is 0 Å². The highest BCUT2D eigenvalue weighted by Gasteiger charge is 2.06. The minimum atomic E-state index is -0.641. The zero-order valence-corrected chi connectivity index (χ0v) is 12.4. The van der Waals surface area contributed by atoms with Crippen LogP contribution in [-0.4, -0.2) is 24.1 Å². The molecule has 0 aromatic heterocycles. The second kappa shape index (κ2) is 7.77. The first-order valence-corrected chi connectivity index (χ1v) is 6.80. The predicted molar refractivity (Wildman–Crippen MR) is 86.4 cm³/mol. The second-order valence-electron chi connectivity index (χ2n) is 4.62. The topological polar surface area (TPSA) is 87.7 Å². The number of hydroxylamine groups is 1. The molecule has 2 aromatic carbocycles. The van der Waals surface area contributed by atoms with Crippen LogP contribution < -0.4 is 15.5 Å². The summed E-state index contributed by atoms with van der Waals surface area (Å²) in [5.41, 5.74) is 3.26. The van der Waals surface area contributed by atoms with E-state index in [-0.39, 0.29) is 5.91 Å². The Bertz CT molecular complexity index is 724. The van der Waals surface area contributed by atoms with Gasteiger partial charge in [-0.3, -0.25) is 14.8 Å². The third-order valence-corrected chi connectivity index (χ3v) is 3.03. The van der Waals surface area contributed by atoms with Crippen molar-refractivity contribution >= 4 is 23.6 Å². The first-order valence-electron chi connectivity index (χ1n) is 6.80. The number of amides is 2. The summed E-state index contributed by atoms with van der Waals surface area (Å²) in [6.45, 7) is 0. The smallest absolute Gasteiger partial charge is 0.267 e. The number of carbonyl (C=O) groups is 2. The van der Waals surface area contributed by atoms with Gasteiger partial charge in [-0.1, -0.05) is 12.1 Å². The van der Waals surface area contributed by atoms with Crippen molar-refractivity contribution < 1.29 is 19.5 Å². The molecule has 0 bridgehead atoms. The van der Waals surface area contributed by atoms with Gasteiger partial charge >= 0.3 is 0 Å². The molecular weight excluding hydrogens is 296 g/mol. The van der Waals surface area contributed by atoms with Crippen LogP contribution >= 0.6 is 0 Å². The fourth-order valence-corrected chi connectivity index (χ4v) is 1.87. The van der Waals surface area contributed by atoms with E-state index in [1.54, 1.807) is 55.6 Å². The van der Waals surface area contributed by atoms with Crippen LogP contribution in [0.5, 0.6) is 5.75 Å². The number of nitrogens with one attached hydrogen (secondary N) is 2. The van der Waals surface area contributed by atoms with Gasteiger partial charge in [0.2, 0.25) is 0 Å². The van der Waals surface area contributed by atoms with E-state index in [1.165, 1.54) is 17.6 Å². The van der Waals surface area contributed by atoms with Crippen LogP contribution in [0.3, 0.4) is 0 Å². The van der Waals surface area contributed by atoms with Crippen LogP contribution in [-0.2, 0) is 4.79 Å². The molecule has 0 fully saturated rings. The van der Waals surface area contributed by atoms with E-state index in [4.69, 9.17) is 9.94 Å². The van der Waals surface area contributed by atoms with E-state index < -0.39 is 5.91 Å². The van der Waals surface area contributed by atoms with Crippen molar-refractivity contribution in [3.8, 4) is 5.75 Å². The molecule has 0 atom stereocenters. The van der Waals surface area contributed by atoms with Gasteiger partial charge in [-0.25, -0.2) is 5.48 Å². The van der Waals surface area contributed by atoms with Crippen LogP contribution in [0.2, 0.25) is 0 Å². The fourth-order valence-electron chi connectivity index (χ4n) is 1.87. The molecule has 0 aliphatic carbocycles. The Balaban J connectivity index is 2.09. The first kappa shape index (κ1) is 16.3. The van der Waals surface area contributed by atoms with Crippen molar-refractivity contribution in [3.05, 3.63) is 65.7 Å². The largest absolute Gasteiger partial charge is 0.497 e. The van der Waals surface area contributed by atoms with Gasteiger partial charge in [-0.2, -0.15) is 0 Å². The minimum absolute atomic E-state index is 0.267. The number of benzene rings is 2. The van der Waals surface area contributed by atoms with Crippen molar-refractivity contribution in [3.63, 3.8) is 0 Å². The molecule has 3 N–H and O–H groups in total. The molecule has 0 heterocycles. The lowest BCUT2D eigenvalue weighted by Gasteiger charge is -2.07. The lowest BCUT2D eigenvalue weighted by molar-refractivity contribution is -0.124. The summed E-state index contributed by atoms with van der Waals surface area (Å²) in [6, 6.07) is 13.7. The third-order valence-electron chi connectivity index (χ3n) is 3.03. The third kappa shape index (κ3) is 4.69. The molecule has 0 aliphatic heterocycles. The Hall–Kier alpha value is -3.12. The number of hydrogen-bond donors (Lipinski definition) is 3. The van der Waals surface area contributed by atoms with Gasteiger partial charge in [0.1, 0.15) is 5.75 Å². The van der Waals surface area contributed by atoms with Crippen LogP contribution in [0.4, 0.5) is 5.69 Å². The molecule has 2 rings (SSSR count). The molecule has 0 unspecified atom stereocenters. The van der Waals surface area contributed by atoms with E-state index in [0.29, 0.717) is 22.6 Å². The molecule has 0 spiro atoms. The molecule has 6 heteroatoms. The maximum Gasteiger partial charge on any atom is 0.267 e. The van der Waals surface area contributed by atoms with E-state index in [9.17, 15) is 9.59 Å². The van der Waals surface area contributed by atoms with E-state index in [2.05, 4.69) is 5.32 Å². The van der Waals surface area contributed by atoms with Crippen molar-refractivity contribution in [1.29, 1.82) is 0 Å². The summed E-state index contributed by atoms with van der Waals surface area (Å²) in [4.78, 5) is 23.2. The zero-order chi connectivity index (χ0) is 16.7. The van der Waals surface area contributed by atoms with Gasteiger partial charge in [0.15, 0.2) is 0 Å². The predicted octanol–water partition coefficient (Wildman–Crippen LogP) is 2.47. The Morgan fingerprint density at radius 2 is 1.87 bits per heavy atom. The number of hydrogen-bond acceptors (Lipinski definition) is 4. The summed E-state index contributed by atoms with van der Waals surface area (Å²) in [5.74, 6) is -0.201. The summed E-state index contributed by atoms with van der Waals surface area (Å²) >= 11 is 0.